The van der Waals surface area contributed by atoms with Crippen molar-refractivity contribution < 1.29 is 9.18 Å². The zero-order valence-corrected chi connectivity index (χ0v) is 8.53. The lowest BCUT2D eigenvalue weighted by Gasteiger charge is -2.31. The third-order valence-corrected chi connectivity index (χ3v) is 2.56. The van der Waals surface area contributed by atoms with Crippen molar-refractivity contribution in [2.45, 2.75) is 13.0 Å². The van der Waals surface area contributed by atoms with E-state index in [1.807, 2.05) is 6.92 Å². The molecule has 0 spiro atoms. The van der Waals surface area contributed by atoms with Crippen LogP contribution in [0.1, 0.15) is 6.92 Å². The Balaban J connectivity index is 2.22. The van der Waals surface area contributed by atoms with Gasteiger partial charge in [-0.05, 0) is 31.2 Å². The first-order valence-corrected chi connectivity index (χ1v) is 4.99. The fourth-order valence-electron chi connectivity index (χ4n) is 1.70. The molecule has 1 unspecified atom stereocenters. The molecule has 0 bridgehead atoms. The molecule has 1 atom stereocenters. The number of piperazine rings is 1. The molecule has 1 aliphatic rings. The average Bonchev–Trinajstić information content (AvgIpc) is 2.24. The molecule has 0 radical (unpaired) electrons. The summed E-state index contributed by atoms with van der Waals surface area (Å²) in [5.74, 6) is -0.248. The lowest BCUT2D eigenvalue weighted by atomic mass is 10.2. The Bertz CT molecular complexity index is 363. The van der Waals surface area contributed by atoms with Crippen LogP contribution in [-0.4, -0.2) is 25.0 Å². The third-order valence-electron chi connectivity index (χ3n) is 2.56. The fraction of sp³-hybridized carbons (Fsp3) is 0.364. The fourth-order valence-corrected chi connectivity index (χ4v) is 1.70. The Labute approximate surface area is 87.9 Å². The summed E-state index contributed by atoms with van der Waals surface area (Å²) in [5, 5.41) is 3.08. The quantitative estimate of drug-likeness (QED) is 0.751. The second kappa shape index (κ2) is 3.98. The monoisotopic (exact) mass is 208 g/mol. The number of nitrogens with zero attached hydrogens (tertiary/aromatic N) is 1. The first-order valence-electron chi connectivity index (χ1n) is 4.99. The van der Waals surface area contributed by atoms with E-state index in [-0.39, 0.29) is 17.8 Å². The van der Waals surface area contributed by atoms with Crippen LogP contribution in [-0.2, 0) is 4.79 Å². The van der Waals surface area contributed by atoms with Gasteiger partial charge in [-0.1, -0.05) is 0 Å². The van der Waals surface area contributed by atoms with Crippen LogP contribution < -0.4 is 10.2 Å². The van der Waals surface area contributed by atoms with E-state index in [2.05, 4.69) is 5.32 Å². The van der Waals surface area contributed by atoms with E-state index in [9.17, 15) is 9.18 Å². The van der Waals surface area contributed by atoms with Crippen molar-refractivity contribution in [1.29, 1.82) is 0 Å². The van der Waals surface area contributed by atoms with Crippen LogP contribution in [0.5, 0.6) is 0 Å². The normalized spacial score (nSPS) is 21.9. The van der Waals surface area contributed by atoms with Crippen LogP contribution in [0, 0.1) is 5.82 Å². The molecular weight excluding hydrogens is 195 g/mol. The van der Waals surface area contributed by atoms with Crippen molar-refractivity contribution in [1.82, 2.24) is 5.32 Å². The molecule has 0 aromatic heterocycles. The average molecular weight is 208 g/mol. The van der Waals surface area contributed by atoms with E-state index in [0.29, 0.717) is 6.54 Å². The molecule has 80 valence electrons. The summed E-state index contributed by atoms with van der Waals surface area (Å²) in [6, 6.07) is 5.84. The number of carbonyl (C=O) groups excluding carboxylic acids is 1. The lowest BCUT2D eigenvalue weighted by molar-refractivity contribution is -0.121. The summed E-state index contributed by atoms with van der Waals surface area (Å²) >= 11 is 0. The topological polar surface area (TPSA) is 32.3 Å². The maximum Gasteiger partial charge on any atom is 0.243 e. The Morgan fingerprint density at radius 2 is 2.07 bits per heavy atom. The second-order valence-electron chi connectivity index (χ2n) is 3.64. The Morgan fingerprint density at radius 3 is 2.73 bits per heavy atom. The standard InChI is InChI=1S/C11H13FN2O/c1-8-11(15)14(7-6-13-8)10-4-2-9(12)3-5-10/h2-5,8,13H,6-7H2,1H3. The molecule has 3 nitrogen and oxygen atoms in total. The highest BCUT2D eigenvalue weighted by molar-refractivity contribution is 5.97. The highest BCUT2D eigenvalue weighted by Gasteiger charge is 2.25. The molecular formula is C11H13FN2O. The predicted molar refractivity (Wildman–Crippen MR) is 56.2 cm³/mol. The summed E-state index contributed by atoms with van der Waals surface area (Å²) < 4.78 is 12.7. The summed E-state index contributed by atoms with van der Waals surface area (Å²) in [5.41, 5.74) is 0.759. The van der Waals surface area contributed by atoms with Crippen LogP contribution in [0.4, 0.5) is 10.1 Å². The molecule has 1 heterocycles. The number of halogens is 1. The summed E-state index contributed by atoms with van der Waals surface area (Å²) in [4.78, 5) is 13.5. The number of carbonyl (C=O) groups is 1. The van der Waals surface area contributed by atoms with Crippen molar-refractivity contribution in [2.24, 2.45) is 0 Å². The summed E-state index contributed by atoms with van der Waals surface area (Å²) in [6.07, 6.45) is 0. The molecule has 1 N–H and O–H groups in total. The molecule has 15 heavy (non-hydrogen) atoms. The molecule has 1 fully saturated rings. The van der Waals surface area contributed by atoms with E-state index in [1.165, 1.54) is 12.1 Å². The van der Waals surface area contributed by atoms with E-state index in [4.69, 9.17) is 0 Å². The van der Waals surface area contributed by atoms with Gasteiger partial charge in [-0.25, -0.2) is 4.39 Å². The van der Waals surface area contributed by atoms with Gasteiger partial charge in [-0.3, -0.25) is 4.79 Å². The maximum absolute atomic E-state index is 12.7. The SMILES string of the molecule is CC1NCCN(c2ccc(F)cc2)C1=O. The van der Waals surface area contributed by atoms with E-state index in [1.54, 1.807) is 17.0 Å². The minimum Gasteiger partial charge on any atom is -0.310 e. The minimum atomic E-state index is -0.283. The van der Waals surface area contributed by atoms with Gasteiger partial charge in [0.15, 0.2) is 0 Å². The van der Waals surface area contributed by atoms with Gasteiger partial charge < -0.3 is 10.2 Å². The van der Waals surface area contributed by atoms with Crippen molar-refractivity contribution in [3.05, 3.63) is 30.1 Å². The number of benzene rings is 1. The van der Waals surface area contributed by atoms with Gasteiger partial charge in [0.05, 0.1) is 6.04 Å². The van der Waals surface area contributed by atoms with Crippen molar-refractivity contribution in [3.63, 3.8) is 0 Å². The minimum absolute atomic E-state index is 0.0351. The molecule has 1 amide bonds. The van der Waals surface area contributed by atoms with Gasteiger partial charge in [-0.2, -0.15) is 0 Å². The molecule has 1 saturated heterocycles. The van der Waals surface area contributed by atoms with Gasteiger partial charge in [0.1, 0.15) is 5.82 Å². The van der Waals surface area contributed by atoms with E-state index in [0.717, 1.165) is 12.2 Å². The molecule has 1 aromatic carbocycles. The van der Waals surface area contributed by atoms with Crippen molar-refractivity contribution in [3.8, 4) is 0 Å². The number of anilines is 1. The first-order chi connectivity index (χ1) is 7.18. The Morgan fingerprint density at radius 1 is 1.40 bits per heavy atom. The lowest BCUT2D eigenvalue weighted by Crippen LogP contribution is -2.53. The van der Waals surface area contributed by atoms with Gasteiger partial charge in [-0.15, -0.1) is 0 Å². The maximum atomic E-state index is 12.7. The number of hydrogen-bond acceptors (Lipinski definition) is 2. The van der Waals surface area contributed by atoms with Gasteiger partial charge in [0.2, 0.25) is 5.91 Å². The van der Waals surface area contributed by atoms with Crippen LogP contribution in [0.3, 0.4) is 0 Å². The first kappa shape index (κ1) is 10.1. The van der Waals surface area contributed by atoms with Gasteiger partial charge >= 0.3 is 0 Å². The van der Waals surface area contributed by atoms with E-state index >= 15 is 0 Å². The molecule has 2 rings (SSSR count). The smallest absolute Gasteiger partial charge is 0.243 e. The van der Waals surface area contributed by atoms with Crippen LogP contribution in [0.25, 0.3) is 0 Å². The third kappa shape index (κ3) is 1.99. The Kier molecular flexibility index (Phi) is 2.68. The van der Waals surface area contributed by atoms with Crippen molar-refractivity contribution in [2.75, 3.05) is 18.0 Å². The molecule has 4 heteroatoms. The van der Waals surface area contributed by atoms with Crippen molar-refractivity contribution >= 4 is 11.6 Å². The molecule has 1 aromatic rings. The number of rotatable bonds is 1. The van der Waals surface area contributed by atoms with Crippen LogP contribution in [0.2, 0.25) is 0 Å². The largest absolute Gasteiger partial charge is 0.310 e. The molecule has 0 saturated carbocycles. The molecule has 0 aliphatic carbocycles. The zero-order chi connectivity index (χ0) is 10.8. The number of nitrogens with one attached hydrogen (secondary N) is 1. The summed E-state index contributed by atoms with van der Waals surface area (Å²) in [6.45, 7) is 3.23. The Hall–Kier alpha value is -1.42. The van der Waals surface area contributed by atoms with Gasteiger partial charge in [0, 0.05) is 18.8 Å². The number of amides is 1. The predicted octanol–water partition coefficient (Wildman–Crippen LogP) is 1.15. The highest BCUT2D eigenvalue weighted by Crippen LogP contribution is 2.17. The molecule has 1 aliphatic heterocycles. The van der Waals surface area contributed by atoms with Crippen LogP contribution in [0.15, 0.2) is 24.3 Å². The van der Waals surface area contributed by atoms with E-state index < -0.39 is 0 Å². The summed E-state index contributed by atoms with van der Waals surface area (Å²) in [7, 11) is 0. The van der Waals surface area contributed by atoms with Gasteiger partial charge in [0.25, 0.3) is 0 Å². The highest BCUT2D eigenvalue weighted by atomic mass is 19.1. The number of hydrogen-bond donors (Lipinski definition) is 1. The second-order valence-corrected chi connectivity index (χ2v) is 3.64. The zero-order valence-electron chi connectivity index (χ0n) is 8.53. The van der Waals surface area contributed by atoms with Crippen LogP contribution >= 0.6 is 0 Å².